The highest BCUT2D eigenvalue weighted by molar-refractivity contribution is 8.13. The van der Waals surface area contributed by atoms with Crippen molar-refractivity contribution in [3.8, 4) is 5.75 Å². The van der Waals surface area contributed by atoms with Crippen molar-refractivity contribution < 1.29 is 4.74 Å². The van der Waals surface area contributed by atoms with Gasteiger partial charge in [0.15, 0.2) is 5.17 Å². The van der Waals surface area contributed by atoms with Gasteiger partial charge in [-0.15, -0.1) is 0 Å². The molecule has 1 atom stereocenters. The minimum Gasteiger partial charge on any atom is -0.492 e. The summed E-state index contributed by atoms with van der Waals surface area (Å²) in [4.78, 5) is 4.51. The standard InChI is InChI=1S/C14H20N2OS/c1-11-4-3-5-13(10-11)17-8-7-15-14-16-12(2)6-9-18-14/h3-5,10,12H,6-9H2,1-2H3,(H,15,16). The number of amidine groups is 1. The van der Waals surface area contributed by atoms with Crippen molar-refractivity contribution in [2.45, 2.75) is 26.3 Å². The van der Waals surface area contributed by atoms with Crippen molar-refractivity contribution in [1.29, 1.82) is 0 Å². The van der Waals surface area contributed by atoms with Crippen LogP contribution in [0.25, 0.3) is 0 Å². The molecule has 0 bridgehead atoms. The van der Waals surface area contributed by atoms with Crippen LogP contribution >= 0.6 is 11.8 Å². The molecule has 1 aromatic rings. The maximum Gasteiger partial charge on any atom is 0.156 e. The van der Waals surface area contributed by atoms with Crippen LogP contribution in [-0.2, 0) is 0 Å². The van der Waals surface area contributed by atoms with Gasteiger partial charge in [0.1, 0.15) is 12.4 Å². The summed E-state index contributed by atoms with van der Waals surface area (Å²) in [5, 5.41) is 4.44. The summed E-state index contributed by atoms with van der Waals surface area (Å²) in [5.74, 6) is 2.08. The van der Waals surface area contributed by atoms with Crippen LogP contribution in [0.4, 0.5) is 0 Å². The number of aliphatic imine (C=N–C) groups is 1. The van der Waals surface area contributed by atoms with E-state index in [1.54, 1.807) is 11.8 Å². The van der Waals surface area contributed by atoms with Gasteiger partial charge in [-0.1, -0.05) is 23.9 Å². The summed E-state index contributed by atoms with van der Waals surface area (Å²) in [6.07, 6.45) is 1.21. The average Bonchev–Trinajstić information content (AvgIpc) is 2.35. The first-order valence-electron chi connectivity index (χ1n) is 6.37. The molecule has 4 heteroatoms. The molecule has 1 aliphatic rings. The lowest BCUT2D eigenvalue weighted by Crippen LogP contribution is -2.35. The van der Waals surface area contributed by atoms with Crippen LogP contribution in [0.1, 0.15) is 18.9 Å². The lowest BCUT2D eigenvalue weighted by molar-refractivity contribution is 0.328. The SMILES string of the molecule is Cc1cccc(OCCN=C2NC(C)CCS2)c1. The van der Waals surface area contributed by atoms with Crippen LogP contribution in [0.2, 0.25) is 0 Å². The molecule has 1 aliphatic heterocycles. The molecule has 0 spiro atoms. The molecule has 1 saturated heterocycles. The van der Waals surface area contributed by atoms with E-state index < -0.39 is 0 Å². The van der Waals surface area contributed by atoms with Crippen molar-refractivity contribution in [3.05, 3.63) is 29.8 Å². The summed E-state index contributed by atoms with van der Waals surface area (Å²) in [7, 11) is 0. The van der Waals surface area contributed by atoms with Crippen LogP contribution in [0.15, 0.2) is 29.3 Å². The summed E-state index contributed by atoms with van der Waals surface area (Å²) in [6, 6.07) is 8.65. The topological polar surface area (TPSA) is 33.6 Å². The third-order valence-corrected chi connectivity index (χ3v) is 3.72. The maximum atomic E-state index is 5.66. The fourth-order valence-electron chi connectivity index (χ4n) is 1.76. The second kappa shape index (κ2) is 6.69. The van der Waals surface area contributed by atoms with Crippen LogP contribution in [0, 0.1) is 6.92 Å². The Hall–Kier alpha value is -1.16. The molecule has 98 valence electrons. The van der Waals surface area contributed by atoms with E-state index >= 15 is 0 Å². The Bertz CT molecular complexity index is 420. The number of hydrogen-bond acceptors (Lipinski definition) is 3. The molecule has 0 aromatic heterocycles. The van der Waals surface area contributed by atoms with Gasteiger partial charge in [0.05, 0.1) is 6.54 Å². The minimum absolute atomic E-state index is 0.544. The lowest BCUT2D eigenvalue weighted by Gasteiger charge is -2.21. The number of thioether (sulfide) groups is 1. The molecular formula is C14H20N2OS. The van der Waals surface area contributed by atoms with E-state index in [0.29, 0.717) is 19.2 Å². The van der Waals surface area contributed by atoms with E-state index in [2.05, 4.69) is 30.2 Å². The van der Waals surface area contributed by atoms with Crippen molar-refractivity contribution in [2.75, 3.05) is 18.9 Å². The molecule has 2 rings (SSSR count). The molecule has 18 heavy (non-hydrogen) atoms. The molecule has 0 saturated carbocycles. The van der Waals surface area contributed by atoms with E-state index in [1.807, 2.05) is 18.2 Å². The molecule has 0 aliphatic carbocycles. The molecule has 3 nitrogen and oxygen atoms in total. The molecule has 1 N–H and O–H groups in total. The number of aryl methyl sites for hydroxylation is 1. The molecule has 0 amide bonds. The van der Waals surface area contributed by atoms with E-state index in [0.717, 1.165) is 16.7 Å². The molecule has 1 aromatic carbocycles. The average molecular weight is 264 g/mol. The Morgan fingerprint density at radius 2 is 2.39 bits per heavy atom. The van der Waals surface area contributed by atoms with Crippen molar-refractivity contribution in [1.82, 2.24) is 5.32 Å². The van der Waals surface area contributed by atoms with E-state index in [1.165, 1.54) is 12.0 Å². The quantitative estimate of drug-likeness (QED) is 0.849. The Morgan fingerprint density at radius 3 is 3.17 bits per heavy atom. The Balaban J connectivity index is 1.74. The van der Waals surface area contributed by atoms with E-state index in [-0.39, 0.29) is 0 Å². The second-order valence-electron chi connectivity index (χ2n) is 4.53. The van der Waals surface area contributed by atoms with E-state index in [9.17, 15) is 0 Å². The number of nitrogens with one attached hydrogen (secondary N) is 1. The molecule has 1 unspecified atom stereocenters. The van der Waals surface area contributed by atoms with Gasteiger partial charge in [0.2, 0.25) is 0 Å². The molecule has 1 fully saturated rings. The van der Waals surface area contributed by atoms with Crippen LogP contribution in [0.5, 0.6) is 5.75 Å². The molecular weight excluding hydrogens is 244 g/mol. The smallest absolute Gasteiger partial charge is 0.156 e. The summed E-state index contributed by atoms with van der Waals surface area (Å²) >= 11 is 1.80. The van der Waals surface area contributed by atoms with Gasteiger partial charge >= 0.3 is 0 Å². The number of nitrogens with zero attached hydrogens (tertiary/aromatic N) is 1. The number of hydrogen-bond donors (Lipinski definition) is 1. The van der Waals surface area contributed by atoms with Gasteiger partial charge in [-0.2, -0.15) is 0 Å². The molecule has 1 heterocycles. The fraction of sp³-hybridized carbons (Fsp3) is 0.500. The zero-order valence-electron chi connectivity index (χ0n) is 11.0. The van der Waals surface area contributed by atoms with Crippen LogP contribution in [0.3, 0.4) is 0 Å². The lowest BCUT2D eigenvalue weighted by atomic mass is 10.2. The zero-order chi connectivity index (χ0) is 12.8. The first-order valence-corrected chi connectivity index (χ1v) is 7.36. The fourth-order valence-corrected chi connectivity index (χ4v) is 2.90. The van der Waals surface area contributed by atoms with Crippen molar-refractivity contribution in [2.24, 2.45) is 4.99 Å². The van der Waals surface area contributed by atoms with E-state index in [4.69, 9.17) is 4.74 Å². The maximum absolute atomic E-state index is 5.66. The van der Waals surface area contributed by atoms with Crippen LogP contribution < -0.4 is 10.1 Å². The van der Waals surface area contributed by atoms with Gasteiger partial charge in [0, 0.05) is 11.8 Å². The first kappa shape index (κ1) is 13.3. The Labute approximate surface area is 113 Å². The largest absolute Gasteiger partial charge is 0.492 e. The number of rotatable bonds is 4. The number of benzene rings is 1. The minimum atomic E-state index is 0.544. The summed E-state index contributed by atoms with van der Waals surface area (Å²) < 4.78 is 5.66. The third-order valence-electron chi connectivity index (χ3n) is 2.76. The monoisotopic (exact) mass is 264 g/mol. The van der Waals surface area contributed by atoms with Gasteiger partial charge < -0.3 is 10.1 Å². The predicted molar refractivity (Wildman–Crippen MR) is 78.6 cm³/mol. The summed E-state index contributed by atoms with van der Waals surface area (Å²) in [5.41, 5.74) is 1.22. The van der Waals surface area contributed by atoms with Crippen LogP contribution in [-0.4, -0.2) is 30.1 Å². The predicted octanol–water partition coefficient (Wildman–Crippen LogP) is 2.84. The third kappa shape index (κ3) is 4.26. The summed E-state index contributed by atoms with van der Waals surface area (Å²) in [6.45, 7) is 5.59. The zero-order valence-corrected chi connectivity index (χ0v) is 11.8. The highest BCUT2D eigenvalue weighted by Crippen LogP contribution is 2.14. The first-order chi connectivity index (χ1) is 8.74. The van der Waals surface area contributed by atoms with Crippen molar-refractivity contribution in [3.63, 3.8) is 0 Å². The second-order valence-corrected chi connectivity index (χ2v) is 5.62. The van der Waals surface area contributed by atoms with Gasteiger partial charge in [-0.05, 0) is 38.0 Å². The van der Waals surface area contributed by atoms with Gasteiger partial charge in [0.25, 0.3) is 0 Å². The molecule has 0 radical (unpaired) electrons. The Morgan fingerprint density at radius 1 is 1.50 bits per heavy atom. The number of ether oxygens (including phenoxy) is 1. The van der Waals surface area contributed by atoms with Gasteiger partial charge in [-0.3, -0.25) is 4.99 Å². The van der Waals surface area contributed by atoms with Gasteiger partial charge in [-0.25, -0.2) is 0 Å². The van der Waals surface area contributed by atoms with Crippen molar-refractivity contribution >= 4 is 16.9 Å². The normalized spacial score (nSPS) is 21.7. The Kier molecular flexibility index (Phi) is 4.93. The highest BCUT2D eigenvalue weighted by Gasteiger charge is 2.12. The highest BCUT2D eigenvalue weighted by atomic mass is 32.2.